The van der Waals surface area contributed by atoms with Gasteiger partial charge in [0.15, 0.2) is 0 Å². The van der Waals surface area contributed by atoms with Gasteiger partial charge in [0, 0.05) is 18.5 Å². The quantitative estimate of drug-likeness (QED) is 0.798. The Balaban J connectivity index is 2.02. The number of benzene rings is 1. The van der Waals surface area contributed by atoms with Gasteiger partial charge in [0.25, 0.3) is 0 Å². The highest BCUT2D eigenvalue weighted by Crippen LogP contribution is 2.54. The van der Waals surface area contributed by atoms with E-state index >= 15 is 0 Å². The fraction of sp³-hybridized carbons (Fsp3) is 0.625. The number of nitrogens with one attached hydrogen (secondary N) is 1. The van der Waals surface area contributed by atoms with Crippen LogP contribution >= 0.6 is 0 Å². The van der Waals surface area contributed by atoms with Crippen molar-refractivity contribution in [3.8, 4) is 0 Å². The Hall–Kier alpha value is -1.42. The molecule has 0 saturated carbocycles. The zero-order valence-electron chi connectivity index (χ0n) is 12.7. The van der Waals surface area contributed by atoms with Gasteiger partial charge in [-0.15, -0.1) is 5.10 Å². The molecule has 4 rings (SSSR count). The van der Waals surface area contributed by atoms with Gasteiger partial charge in [0.2, 0.25) is 0 Å². The number of fused-ring (bicyclic) bond motifs is 5. The highest BCUT2D eigenvalue weighted by Gasteiger charge is 2.53. The molecule has 0 radical (unpaired) electrons. The van der Waals surface area contributed by atoms with Crippen molar-refractivity contribution in [2.45, 2.75) is 45.1 Å². The van der Waals surface area contributed by atoms with Crippen molar-refractivity contribution < 1.29 is 0 Å². The van der Waals surface area contributed by atoms with Crippen LogP contribution < -0.4 is 5.32 Å². The summed E-state index contributed by atoms with van der Waals surface area (Å²) in [5.41, 5.74) is 5.64. The molecule has 0 unspecified atom stereocenters. The van der Waals surface area contributed by atoms with E-state index < -0.39 is 0 Å². The lowest BCUT2D eigenvalue weighted by molar-refractivity contribution is 0.0561. The van der Waals surface area contributed by atoms with E-state index in [1.54, 1.807) is 0 Å². The molecule has 2 aromatic rings. The zero-order valence-corrected chi connectivity index (χ0v) is 12.7. The lowest BCUT2D eigenvalue weighted by atomic mass is 9.51. The molecule has 2 heterocycles. The predicted molar refractivity (Wildman–Crippen MR) is 79.8 cm³/mol. The van der Waals surface area contributed by atoms with Crippen LogP contribution in [0.5, 0.6) is 0 Å². The van der Waals surface area contributed by atoms with Crippen molar-refractivity contribution in [3.05, 3.63) is 23.3 Å². The number of nitrogens with zero attached hydrogens (tertiary/aromatic N) is 3. The minimum atomic E-state index is 0.224. The van der Waals surface area contributed by atoms with Gasteiger partial charge < -0.3 is 5.32 Å². The monoisotopic (exact) mass is 270 g/mol. The minimum absolute atomic E-state index is 0.224. The van der Waals surface area contributed by atoms with Crippen molar-refractivity contribution >= 4 is 11.0 Å². The maximum absolute atomic E-state index is 4.31. The first-order chi connectivity index (χ1) is 9.43. The molecule has 4 nitrogen and oxygen atoms in total. The van der Waals surface area contributed by atoms with Crippen LogP contribution in [0.25, 0.3) is 11.0 Å². The molecule has 0 spiro atoms. The zero-order chi connectivity index (χ0) is 14.1. The molecule has 1 N–H and O–H groups in total. The first-order valence-electron chi connectivity index (χ1n) is 7.50. The van der Waals surface area contributed by atoms with Crippen LogP contribution in [-0.2, 0) is 18.9 Å². The van der Waals surface area contributed by atoms with Crippen LogP contribution in [0, 0.1) is 5.41 Å². The Morgan fingerprint density at radius 2 is 2.10 bits per heavy atom. The standard InChI is InChI=1S/C16H22N4/c1-15(2)14-8-10-7-13-12(18-19-20(13)4)9-11(10)16(15,3)5-6-17-14/h7,9,14,17H,5-6,8H2,1-4H3/t14-,16-/m0/s1. The first-order valence-corrected chi connectivity index (χ1v) is 7.50. The van der Waals surface area contributed by atoms with Gasteiger partial charge in [-0.1, -0.05) is 26.0 Å². The van der Waals surface area contributed by atoms with Crippen LogP contribution in [0.3, 0.4) is 0 Å². The van der Waals surface area contributed by atoms with Crippen LogP contribution in [-0.4, -0.2) is 27.6 Å². The highest BCUT2D eigenvalue weighted by atomic mass is 15.4. The van der Waals surface area contributed by atoms with E-state index in [9.17, 15) is 0 Å². The summed E-state index contributed by atoms with van der Waals surface area (Å²) in [5.74, 6) is 0. The summed E-state index contributed by atoms with van der Waals surface area (Å²) in [6.45, 7) is 8.37. The number of hydrogen-bond acceptors (Lipinski definition) is 3. The van der Waals surface area contributed by atoms with Gasteiger partial charge >= 0.3 is 0 Å². The van der Waals surface area contributed by atoms with Gasteiger partial charge in [-0.3, -0.25) is 0 Å². The summed E-state index contributed by atoms with van der Waals surface area (Å²) in [6.07, 6.45) is 2.30. The van der Waals surface area contributed by atoms with Crippen molar-refractivity contribution in [2.24, 2.45) is 12.5 Å². The fourth-order valence-corrected chi connectivity index (χ4v) is 4.29. The van der Waals surface area contributed by atoms with Gasteiger partial charge in [0.05, 0.1) is 5.52 Å². The summed E-state index contributed by atoms with van der Waals surface area (Å²) in [7, 11) is 1.97. The Labute approximate surface area is 119 Å². The van der Waals surface area contributed by atoms with E-state index in [2.05, 4.69) is 48.5 Å². The molecule has 4 heteroatoms. The van der Waals surface area contributed by atoms with Crippen LogP contribution in [0.15, 0.2) is 12.1 Å². The lowest BCUT2D eigenvalue weighted by Crippen LogP contribution is -2.62. The van der Waals surface area contributed by atoms with E-state index in [4.69, 9.17) is 0 Å². The van der Waals surface area contributed by atoms with Gasteiger partial charge in [-0.25, -0.2) is 4.68 Å². The van der Waals surface area contributed by atoms with E-state index in [1.807, 2.05) is 11.7 Å². The maximum Gasteiger partial charge on any atom is 0.113 e. The molecule has 106 valence electrons. The van der Waals surface area contributed by atoms with E-state index in [0.29, 0.717) is 6.04 Å². The average molecular weight is 270 g/mol. The third kappa shape index (κ3) is 1.30. The third-order valence-electron chi connectivity index (χ3n) is 6.16. The van der Waals surface area contributed by atoms with Crippen LogP contribution in [0.2, 0.25) is 0 Å². The highest BCUT2D eigenvalue weighted by molar-refractivity contribution is 5.77. The number of aromatic nitrogens is 3. The molecule has 1 aromatic carbocycles. The topological polar surface area (TPSA) is 42.7 Å². The molecule has 1 saturated heterocycles. The second-order valence-corrected chi connectivity index (χ2v) is 7.23. The van der Waals surface area contributed by atoms with Crippen LogP contribution in [0.4, 0.5) is 0 Å². The molecule has 0 amide bonds. The number of aryl methyl sites for hydroxylation is 1. The molecular formula is C16H22N4. The van der Waals surface area contributed by atoms with Gasteiger partial charge in [0.1, 0.15) is 5.52 Å². The molecule has 2 aliphatic rings. The van der Waals surface area contributed by atoms with Gasteiger partial charge in [-0.2, -0.15) is 0 Å². The summed E-state index contributed by atoms with van der Waals surface area (Å²) in [5, 5.41) is 12.2. The van der Waals surface area contributed by atoms with E-state index in [0.717, 1.165) is 24.0 Å². The number of hydrogen-bond donors (Lipinski definition) is 1. The molecule has 20 heavy (non-hydrogen) atoms. The predicted octanol–water partition coefficient (Wildman–Crippen LogP) is 2.17. The average Bonchev–Trinajstić information content (AvgIpc) is 2.74. The molecular weight excluding hydrogens is 248 g/mol. The largest absolute Gasteiger partial charge is 0.313 e. The maximum atomic E-state index is 4.31. The Kier molecular flexibility index (Phi) is 2.23. The second-order valence-electron chi connectivity index (χ2n) is 7.23. The molecule has 2 bridgehead atoms. The second kappa shape index (κ2) is 3.61. The fourth-order valence-electron chi connectivity index (χ4n) is 4.29. The molecule has 1 aromatic heterocycles. The van der Waals surface area contributed by atoms with Crippen molar-refractivity contribution in [1.29, 1.82) is 0 Å². The molecule has 1 aliphatic carbocycles. The van der Waals surface area contributed by atoms with Crippen molar-refractivity contribution in [1.82, 2.24) is 20.3 Å². The third-order valence-corrected chi connectivity index (χ3v) is 6.16. The summed E-state index contributed by atoms with van der Waals surface area (Å²) in [6, 6.07) is 5.16. The Morgan fingerprint density at radius 3 is 2.90 bits per heavy atom. The van der Waals surface area contributed by atoms with E-state index in [-0.39, 0.29) is 10.8 Å². The normalized spacial score (nSPS) is 31.3. The number of rotatable bonds is 0. The lowest BCUT2D eigenvalue weighted by Gasteiger charge is -2.57. The molecule has 1 aliphatic heterocycles. The number of piperidine rings is 1. The SMILES string of the molecule is Cn1nnc2cc3c(cc21)C[C@@H]1NCC[C@]3(C)C1(C)C. The van der Waals surface area contributed by atoms with Crippen molar-refractivity contribution in [2.75, 3.05) is 6.54 Å². The smallest absolute Gasteiger partial charge is 0.113 e. The minimum Gasteiger partial charge on any atom is -0.313 e. The van der Waals surface area contributed by atoms with E-state index in [1.165, 1.54) is 17.5 Å². The molecule has 2 atom stereocenters. The first kappa shape index (κ1) is 12.3. The summed E-state index contributed by atoms with van der Waals surface area (Å²) in [4.78, 5) is 0. The Morgan fingerprint density at radius 1 is 1.30 bits per heavy atom. The summed E-state index contributed by atoms with van der Waals surface area (Å²) >= 11 is 0. The Bertz CT molecular complexity index is 700. The summed E-state index contributed by atoms with van der Waals surface area (Å²) < 4.78 is 1.88. The molecule has 1 fully saturated rings. The van der Waals surface area contributed by atoms with Crippen LogP contribution in [0.1, 0.15) is 38.3 Å². The van der Waals surface area contributed by atoms with Gasteiger partial charge in [-0.05, 0) is 48.1 Å². The van der Waals surface area contributed by atoms with Crippen molar-refractivity contribution in [3.63, 3.8) is 0 Å².